The number of oxazole rings is 1. The summed E-state index contributed by atoms with van der Waals surface area (Å²) < 4.78 is 5.82. The lowest BCUT2D eigenvalue weighted by molar-refractivity contribution is -0.384. The third kappa shape index (κ3) is 3.80. The molecule has 0 unspecified atom stereocenters. The highest BCUT2D eigenvalue weighted by Crippen LogP contribution is 2.26. The lowest BCUT2D eigenvalue weighted by atomic mass is 9.97. The van der Waals surface area contributed by atoms with E-state index in [1.807, 2.05) is 24.3 Å². The number of anilines is 1. The van der Waals surface area contributed by atoms with E-state index < -0.39 is 4.92 Å². The molecule has 0 bridgehead atoms. The molecule has 3 aromatic rings. The number of aromatic nitrogens is 1. The Morgan fingerprint density at radius 3 is 2.57 bits per heavy atom. The van der Waals surface area contributed by atoms with E-state index in [1.54, 1.807) is 0 Å². The van der Waals surface area contributed by atoms with E-state index in [9.17, 15) is 14.9 Å². The second-order valence-corrected chi connectivity index (χ2v) is 6.91. The number of rotatable bonds is 5. The first kappa shape index (κ1) is 18.0. The van der Waals surface area contributed by atoms with Gasteiger partial charge in [0.25, 0.3) is 17.6 Å². The summed E-state index contributed by atoms with van der Waals surface area (Å²) in [6, 6.07) is 14.0. The molecule has 2 heterocycles. The van der Waals surface area contributed by atoms with Gasteiger partial charge in [0.1, 0.15) is 5.52 Å². The molecule has 4 rings (SSSR count). The lowest BCUT2D eigenvalue weighted by Crippen LogP contribution is -2.38. The third-order valence-electron chi connectivity index (χ3n) is 5.06. The molecule has 0 aliphatic carbocycles. The van der Waals surface area contributed by atoms with Crippen molar-refractivity contribution in [3.63, 3.8) is 0 Å². The van der Waals surface area contributed by atoms with Crippen molar-refractivity contribution in [1.82, 2.24) is 10.3 Å². The normalized spacial score (nSPS) is 14.9. The maximum atomic E-state index is 12.2. The zero-order valence-electron chi connectivity index (χ0n) is 15.2. The van der Waals surface area contributed by atoms with Crippen molar-refractivity contribution in [3.8, 4) is 0 Å². The summed E-state index contributed by atoms with van der Waals surface area (Å²) in [4.78, 5) is 29.1. The van der Waals surface area contributed by atoms with E-state index in [-0.39, 0.29) is 11.6 Å². The Labute approximate surface area is 161 Å². The maximum absolute atomic E-state index is 12.2. The van der Waals surface area contributed by atoms with Gasteiger partial charge < -0.3 is 14.6 Å². The molecule has 0 spiro atoms. The molecule has 0 saturated carbocycles. The smallest absolute Gasteiger partial charge is 0.298 e. The SMILES string of the molecule is O=C(NCC1CCN(c2nc3ccccc3o2)CC1)c1ccc([N+](=O)[O-])cc1. The summed E-state index contributed by atoms with van der Waals surface area (Å²) in [6.45, 7) is 2.23. The van der Waals surface area contributed by atoms with Crippen LogP contribution in [0, 0.1) is 16.0 Å². The Bertz CT molecular complexity index is 958. The molecule has 8 nitrogen and oxygen atoms in total. The number of amides is 1. The number of nitrogens with one attached hydrogen (secondary N) is 1. The van der Waals surface area contributed by atoms with Crippen molar-refractivity contribution in [2.24, 2.45) is 5.92 Å². The number of hydrogen-bond acceptors (Lipinski definition) is 6. The zero-order chi connectivity index (χ0) is 19.5. The van der Waals surface area contributed by atoms with E-state index in [1.165, 1.54) is 24.3 Å². The fourth-order valence-corrected chi connectivity index (χ4v) is 3.40. The van der Waals surface area contributed by atoms with Crippen LogP contribution in [-0.4, -0.2) is 35.4 Å². The van der Waals surface area contributed by atoms with E-state index in [4.69, 9.17) is 4.42 Å². The predicted octanol–water partition coefficient (Wildman–Crippen LogP) is 3.38. The molecule has 28 heavy (non-hydrogen) atoms. The van der Waals surface area contributed by atoms with Crippen LogP contribution in [0.1, 0.15) is 23.2 Å². The van der Waals surface area contributed by atoms with Gasteiger partial charge in [-0.25, -0.2) is 0 Å². The van der Waals surface area contributed by atoms with Gasteiger partial charge in [-0.05, 0) is 43.0 Å². The van der Waals surface area contributed by atoms with Gasteiger partial charge in [0.15, 0.2) is 5.58 Å². The number of carbonyl (C=O) groups excluding carboxylic acids is 1. The van der Waals surface area contributed by atoms with Gasteiger partial charge in [0, 0.05) is 37.3 Å². The largest absolute Gasteiger partial charge is 0.423 e. The number of nitro benzene ring substituents is 1. The zero-order valence-corrected chi connectivity index (χ0v) is 15.2. The summed E-state index contributed by atoms with van der Waals surface area (Å²) in [6.07, 6.45) is 1.86. The highest BCUT2D eigenvalue weighted by atomic mass is 16.6. The average molecular weight is 380 g/mol. The summed E-state index contributed by atoms with van der Waals surface area (Å²) in [7, 11) is 0. The van der Waals surface area contributed by atoms with Crippen molar-refractivity contribution in [2.75, 3.05) is 24.5 Å². The van der Waals surface area contributed by atoms with Gasteiger partial charge in [0.2, 0.25) is 0 Å². The maximum Gasteiger partial charge on any atom is 0.298 e. The van der Waals surface area contributed by atoms with Crippen LogP contribution in [0.5, 0.6) is 0 Å². The lowest BCUT2D eigenvalue weighted by Gasteiger charge is -2.30. The first-order valence-electron chi connectivity index (χ1n) is 9.23. The first-order chi connectivity index (χ1) is 13.6. The molecule has 1 N–H and O–H groups in total. The van der Waals surface area contributed by atoms with Crippen LogP contribution in [0.2, 0.25) is 0 Å². The molecule has 1 aliphatic heterocycles. The molecule has 8 heteroatoms. The molecule has 2 aromatic carbocycles. The van der Waals surface area contributed by atoms with Crippen LogP contribution in [0.15, 0.2) is 52.9 Å². The Morgan fingerprint density at radius 2 is 1.89 bits per heavy atom. The van der Waals surface area contributed by atoms with Gasteiger partial charge in [-0.15, -0.1) is 0 Å². The van der Waals surface area contributed by atoms with Crippen LogP contribution in [0.4, 0.5) is 11.7 Å². The number of piperidine rings is 1. The van der Waals surface area contributed by atoms with E-state index in [2.05, 4.69) is 15.2 Å². The molecule has 1 saturated heterocycles. The molecular weight excluding hydrogens is 360 g/mol. The van der Waals surface area contributed by atoms with Crippen LogP contribution in [0.25, 0.3) is 11.1 Å². The summed E-state index contributed by atoms with van der Waals surface area (Å²) in [5, 5.41) is 13.6. The minimum Gasteiger partial charge on any atom is -0.423 e. The van der Waals surface area contributed by atoms with Crippen molar-refractivity contribution in [2.45, 2.75) is 12.8 Å². The molecule has 1 fully saturated rings. The third-order valence-corrected chi connectivity index (χ3v) is 5.06. The van der Waals surface area contributed by atoms with Crippen LogP contribution in [-0.2, 0) is 0 Å². The van der Waals surface area contributed by atoms with E-state index >= 15 is 0 Å². The Hall–Kier alpha value is -3.42. The summed E-state index contributed by atoms with van der Waals surface area (Å²) >= 11 is 0. The summed E-state index contributed by atoms with van der Waals surface area (Å²) in [5.74, 6) is 0.166. The topological polar surface area (TPSA) is 102 Å². The number of fused-ring (bicyclic) bond motifs is 1. The number of carbonyl (C=O) groups is 1. The molecule has 1 aromatic heterocycles. The van der Waals surface area contributed by atoms with Gasteiger partial charge >= 0.3 is 0 Å². The second kappa shape index (κ2) is 7.67. The standard InChI is InChI=1S/C20H20N4O4/c25-19(15-5-7-16(8-6-15)24(26)27)21-13-14-9-11-23(12-10-14)20-22-17-3-1-2-4-18(17)28-20/h1-8,14H,9-13H2,(H,21,25). The van der Waals surface area contributed by atoms with Crippen LogP contribution >= 0.6 is 0 Å². The number of benzene rings is 2. The Balaban J connectivity index is 1.28. The Kier molecular flexibility index (Phi) is 4.92. The van der Waals surface area contributed by atoms with E-state index in [0.717, 1.165) is 37.0 Å². The van der Waals surface area contributed by atoms with E-state index in [0.29, 0.717) is 24.0 Å². The summed E-state index contributed by atoms with van der Waals surface area (Å²) in [5.41, 5.74) is 2.04. The molecule has 1 amide bonds. The molecular formula is C20H20N4O4. The average Bonchev–Trinajstić information content (AvgIpc) is 3.16. The fraction of sp³-hybridized carbons (Fsp3) is 0.300. The first-order valence-corrected chi connectivity index (χ1v) is 9.23. The minimum atomic E-state index is -0.480. The fourth-order valence-electron chi connectivity index (χ4n) is 3.40. The predicted molar refractivity (Wildman–Crippen MR) is 104 cm³/mol. The molecule has 1 aliphatic rings. The Morgan fingerprint density at radius 1 is 1.18 bits per heavy atom. The van der Waals surface area contributed by atoms with Crippen molar-refractivity contribution in [3.05, 3.63) is 64.2 Å². The van der Waals surface area contributed by atoms with Gasteiger partial charge in [-0.3, -0.25) is 14.9 Å². The highest BCUT2D eigenvalue weighted by Gasteiger charge is 2.23. The minimum absolute atomic E-state index is 0.0249. The van der Waals surface area contributed by atoms with Crippen LogP contribution in [0.3, 0.4) is 0 Å². The van der Waals surface area contributed by atoms with Gasteiger partial charge in [-0.1, -0.05) is 12.1 Å². The second-order valence-electron chi connectivity index (χ2n) is 6.91. The molecule has 0 atom stereocenters. The monoisotopic (exact) mass is 380 g/mol. The quantitative estimate of drug-likeness (QED) is 0.538. The van der Waals surface area contributed by atoms with Crippen molar-refractivity contribution >= 4 is 28.7 Å². The molecule has 144 valence electrons. The number of non-ortho nitro benzene ring substituents is 1. The van der Waals surface area contributed by atoms with Crippen LogP contribution < -0.4 is 10.2 Å². The van der Waals surface area contributed by atoms with Crippen molar-refractivity contribution in [1.29, 1.82) is 0 Å². The number of hydrogen-bond donors (Lipinski definition) is 1. The highest BCUT2D eigenvalue weighted by molar-refractivity contribution is 5.94. The number of para-hydroxylation sites is 2. The molecule has 0 radical (unpaired) electrons. The van der Waals surface area contributed by atoms with Gasteiger partial charge in [0.05, 0.1) is 4.92 Å². The van der Waals surface area contributed by atoms with Gasteiger partial charge in [-0.2, -0.15) is 4.98 Å². The number of nitrogens with zero attached hydrogens (tertiary/aromatic N) is 3. The number of nitro groups is 1. The van der Waals surface area contributed by atoms with Crippen molar-refractivity contribution < 1.29 is 14.1 Å².